The van der Waals surface area contributed by atoms with E-state index in [0.29, 0.717) is 37.1 Å². The third-order valence-corrected chi connectivity index (χ3v) is 4.92. The van der Waals surface area contributed by atoms with Gasteiger partial charge in [-0.25, -0.2) is 4.39 Å². The molecule has 1 aliphatic rings. The lowest BCUT2D eigenvalue weighted by atomic mass is 10.0. The fourth-order valence-corrected chi connectivity index (χ4v) is 3.37. The Morgan fingerprint density at radius 2 is 2.00 bits per heavy atom. The summed E-state index contributed by atoms with van der Waals surface area (Å²) in [7, 11) is 3.89. The minimum absolute atomic E-state index is 0.182. The number of anilines is 1. The van der Waals surface area contributed by atoms with Gasteiger partial charge in [-0.3, -0.25) is 9.59 Å². The summed E-state index contributed by atoms with van der Waals surface area (Å²) in [5, 5.41) is 2.82. The number of nitrogens with zero attached hydrogens (tertiary/aromatic N) is 2. The van der Waals surface area contributed by atoms with Crippen molar-refractivity contribution in [3.8, 4) is 11.1 Å². The van der Waals surface area contributed by atoms with E-state index in [2.05, 4.69) is 5.32 Å². The third-order valence-electron chi connectivity index (χ3n) is 4.92. The Labute approximate surface area is 165 Å². The number of amides is 2. The molecule has 3 rings (SSSR count). The van der Waals surface area contributed by atoms with Crippen molar-refractivity contribution in [1.29, 1.82) is 0 Å². The van der Waals surface area contributed by atoms with E-state index in [1.54, 1.807) is 6.07 Å². The standard InChI is InChI=1S/C22H26FN3O2/c1-25(2)20-7-3-6-16(15-20)17-12-18(14-19(23)13-17)22(28)24-9-5-11-26-10-4-8-21(26)27/h3,6-7,12-15H,4-5,8-11H2,1-2H3,(H,24,28). The molecule has 148 valence electrons. The van der Waals surface area contributed by atoms with Gasteiger partial charge in [0, 0.05) is 51.4 Å². The second kappa shape index (κ2) is 8.87. The molecule has 0 atom stereocenters. The van der Waals surface area contributed by atoms with Crippen LogP contribution in [-0.4, -0.2) is 50.4 Å². The zero-order chi connectivity index (χ0) is 20.1. The molecule has 1 saturated heterocycles. The molecule has 0 spiro atoms. The summed E-state index contributed by atoms with van der Waals surface area (Å²) in [5.74, 6) is -0.570. The molecule has 5 nitrogen and oxygen atoms in total. The number of hydrogen-bond acceptors (Lipinski definition) is 3. The van der Waals surface area contributed by atoms with Gasteiger partial charge in [0.1, 0.15) is 5.82 Å². The smallest absolute Gasteiger partial charge is 0.251 e. The summed E-state index contributed by atoms with van der Waals surface area (Å²) in [5.41, 5.74) is 2.82. The first-order valence-electron chi connectivity index (χ1n) is 9.58. The van der Waals surface area contributed by atoms with Crippen molar-refractivity contribution >= 4 is 17.5 Å². The van der Waals surface area contributed by atoms with Crippen LogP contribution >= 0.6 is 0 Å². The number of rotatable bonds is 7. The Balaban J connectivity index is 1.64. The molecule has 2 amide bonds. The second-order valence-corrected chi connectivity index (χ2v) is 7.27. The fraction of sp³-hybridized carbons (Fsp3) is 0.364. The topological polar surface area (TPSA) is 52.7 Å². The molecule has 2 aromatic carbocycles. The molecule has 0 unspecified atom stereocenters. The average molecular weight is 383 g/mol. The molecule has 0 aliphatic carbocycles. The van der Waals surface area contributed by atoms with Crippen molar-refractivity contribution in [1.82, 2.24) is 10.2 Å². The molecule has 1 fully saturated rings. The van der Waals surface area contributed by atoms with Gasteiger partial charge in [-0.1, -0.05) is 12.1 Å². The molecular formula is C22H26FN3O2. The predicted octanol–water partition coefficient (Wildman–Crippen LogP) is 3.30. The molecule has 0 bridgehead atoms. The van der Waals surface area contributed by atoms with Crippen LogP contribution in [0.4, 0.5) is 10.1 Å². The third kappa shape index (κ3) is 4.88. The summed E-state index contributed by atoms with van der Waals surface area (Å²) in [6.45, 7) is 1.89. The summed E-state index contributed by atoms with van der Waals surface area (Å²) < 4.78 is 14.1. The van der Waals surface area contributed by atoms with E-state index in [9.17, 15) is 14.0 Å². The molecule has 6 heteroatoms. The van der Waals surface area contributed by atoms with Crippen LogP contribution in [0.25, 0.3) is 11.1 Å². The highest BCUT2D eigenvalue weighted by molar-refractivity contribution is 5.95. The Kier molecular flexibility index (Phi) is 6.29. The zero-order valence-corrected chi connectivity index (χ0v) is 16.4. The summed E-state index contributed by atoms with van der Waals surface area (Å²) in [4.78, 5) is 27.8. The zero-order valence-electron chi connectivity index (χ0n) is 16.4. The van der Waals surface area contributed by atoms with Gasteiger partial charge >= 0.3 is 0 Å². The monoisotopic (exact) mass is 383 g/mol. The van der Waals surface area contributed by atoms with E-state index in [1.165, 1.54) is 12.1 Å². The maximum atomic E-state index is 14.1. The highest BCUT2D eigenvalue weighted by atomic mass is 19.1. The molecule has 0 saturated carbocycles. The first-order valence-corrected chi connectivity index (χ1v) is 9.58. The maximum Gasteiger partial charge on any atom is 0.251 e. The highest BCUT2D eigenvalue weighted by Gasteiger charge is 2.19. The van der Waals surface area contributed by atoms with E-state index in [1.807, 2.05) is 48.2 Å². The van der Waals surface area contributed by atoms with Crippen molar-refractivity contribution in [2.45, 2.75) is 19.3 Å². The van der Waals surface area contributed by atoms with Gasteiger partial charge in [0.25, 0.3) is 5.91 Å². The Bertz CT molecular complexity index is 867. The van der Waals surface area contributed by atoms with Gasteiger partial charge in [-0.2, -0.15) is 0 Å². The minimum atomic E-state index is -0.444. The highest BCUT2D eigenvalue weighted by Crippen LogP contribution is 2.25. The van der Waals surface area contributed by atoms with Crippen molar-refractivity contribution in [3.63, 3.8) is 0 Å². The summed E-state index contributed by atoms with van der Waals surface area (Å²) in [6, 6.07) is 12.1. The van der Waals surface area contributed by atoms with E-state index < -0.39 is 5.82 Å². The van der Waals surface area contributed by atoms with Gasteiger partial charge in [0.15, 0.2) is 0 Å². The summed E-state index contributed by atoms with van der Waals surface area (Å²) >= 11 is 0. The average Bonchev–Trinajstić information content (AvgIpc) is 3.09. The van der Waals surface area contributed by atoms with Crippen LogP contribution < -0.4 is 10.2 Å². The van der Waals surface area contributed by atoms with Crippen LogP contribution in [0.15, 0.2) is 42.5 Å². The first kappa shape index (κ1) is 19.9. The minimum Gasteiger partial charge on any atom is -0.378 e. The van der Waals surface area contributed by atoms with Crippen molar-refractivity contribution in [3.05, 3.63) is 53.8 Å². The van der Waals surface area contributed by atoms with E-state index in [4.69, 9.17) is 0 Å². The molecular weight excluding hydrogens is 357 g/mol. The first-order chi connectivity index (χ1) is 13.4. The maximum absolute atomic E-state index is 14.1. The Morgan fingerprint density at radius 1 is 1.18 bits per heavy atom. The number of likely N-dealkylation sites (tertiary alicyclic amines) is 1. The number of carbonyl (C=O) groups excluding carboxylic acids is 2. The number of benzene rings is 2. The predicted molar refractivity (Wildman–Crippen MR) is 109 cm³/mol. The molecule has 1 N–H and O–H groups in total. The van der Waals surface area contributed by atoms with Crippen LogP contribution in [0.1, 0.15) is 29.6 Å². The van der Waals surface area contributed by atoms with Crippen molar-refractivity contribution < 1.29 is 14.0 Å². The van der Waals surface area contributed by atoms with Gasteiger partial charge in [0.2, 0.25) is 5.91 Å². The molecule has 1 aliphatic heterocycles. The van der Waals surface area contributed by atoms with Crippen LogP contribution in [0.2, 0.25) is 0 Å². The van der Waals surface area contributed by atoms with Crippen LogP contribution in [0, 0.1) is 5.82 Å². The van der Waals surface area contributed by atoms with E-state index >= 15 is 0 Å². The summed E-state index contributed by atoms with van der Waals surface area (Å²) in [6.07, 6.45) is 2.21. The van der Waals surface area contributed by atoms with Gasteiger partial charge in [0.05, 0.1) is 0 Å². The number of carbonyl (C=O) groups is 2. The van der Waals surface area contributed by atoms with Crippen LogP contribution in [0.3, 0.4) is 0 Å². The Hall–Kier alpha value is -2.89. The van der Waals surface area contributed by atoms with E-state index in [-0.39, 0.29) is 11.8 Å². The molecule has 1 heterocycles. The van der Waals surface area contributed by atoms with Gasteiger partial charge < -0.3 is 15.1 Å². The van der Waals surface area contributed by atoms with Crippen molar-refractivity contribution in [2.75, 3.05) is 38.6 Å². The van der Waals surface area contributed by atoms with Gasteiger partial charge in [-0.05, 0) is 54.3 Å². The van der Waals surface area contributed by atoms with E-state index in [0.717, 1.165) is 24.2 Å². The van der Waals surface area contributed by atoms with Crippen molar-refractivity contribution in [2.24, 2.45) is 0 Å². The lowest BCUT2D eigenvalue weighted by molar-refractivity contribution is -0.127. The van der Waals surface area contributed by atoms with Crippen LogP contribution in [-0.2, 0) is 4.79 Å². The lowest BCUT2D eigenvalue weighted by Gasteiger charge is -2.15. The quantitative estimate of drug-likeness (QED) is 0.747. The van der Waals surface area contributed by atoms with Gasteiger partial charge in [-0.15, -0.1) is 0 Å². The lowest BCUT2D eigenvalue weighted by Crippen LogP contribution is -2.30. The number of nitrogens with one attached hydrogen (secondary N) is 1. The molecule has 28 heavy (non-hydrogen) atoms. The molecule has 0 aromatic heterocycles. The number of halogens is 1. The Morgan fingerprint density at radius 3 is 2.71 bits per heavy atom. The fourth-order valence-electron chi connectivity index (χ4n) is 3.37. The SMILES string of the molecule is CN(C)c1cccc(-c2cc(F)cc(C(=O)NCCCN3CCCC3=O)c2)c1. The second-order valence-electron chi connectivity index (χ2n) is 7.27. The molecule has 0 radical (unpaired) electrons. The number of hydrogen-bond donors (Lipinski definition) is 1. The normalized spacial score (nSPS) is 13.7. The molecule has 2 aromatic rings. The largest absolute Gasteiger partial charge is 0.378 e. The van der Waals surface area contributed by atoms with Crippen LogP contribution in [0.5, 0.6) is 0 Å².